The van der Waals surface area contributed by atoms with E-state index in [1.807, 2.05) is 30.3 Å². The monoisotopic (exact) mass is 667 g/mol. The van der Waals surface area contributed by atoms with E-state index in [1.54, 1.807) is 0 Å². The third-order valence-electron chi connectivity index (χ3n) is 10.5. The fourth-order valence-corrected chi connectivity index (χ4v) is 8.18. The molecule has 5 nitrogen and oxygen atoms in total. The summed E-state index contributed by atoms with van der Waals surface area (Å²) in [5.41, 5.74) is 7.71. The van der Waals surface area contributed by atoms with E-state index in [1.165, 1.54) is 5.39 Å². The highest BCUT2D eigenvalue weighted by atomic mass is 16.5. The van der Waals surface area contributed by atoms with Crippen molar-refractivity contribution in [1.29, 1.82) is 0 Å². The highest BCUT2D eigenvalue weighted by Gasteiger charge is 2.35. The van der Waals surface area contributed by atoms with E-state index in [0.29, 0.717) is 17.5 Å². The SMILES string of the molecule is C1=CC2Oc3cccc(-c4nc(-c5ccccc5-c5cccc6oc7ccccc7c56)nc(-c5cc6ccccc6c6ccccc56)n4)c3C2C=C1. The van der Waals surface area contributed by atoms with Crippen LogP contribution in [0.15, 0.2) is 168 Å². The number of furan rings is 1. The van der Waals surface area contributed by atoms with E-state index >= 15 is 0 Å². The Balaban J connectivity index is 1.20. The predicted molar refractivity (Wildman–Crippen MR) is 209 cm³/mol. The normalized spacial score (nSPS) is 16.1. The van der Waals surface area contributed by atoms with Crippen LogP contribution >= 0.6 is 0 Å². The lowest BCUT2D eigenvalue weighted by Crippen LogP contribution is -2.16. The molecule has 1 aliphatic carbocycles. The van der Waals surface area contributed by atoms with E-state index in [0.717, 1.165) is 77.2 Å². The molecule has 0 fully saturated rings. The van der Waals surface area contributed by atoms with Gasteiger partial charge in [-0.15, -0.1) is 0 Å². The first-order valence-electron chi connectivity index (χ1n) is 17.6. The third-order valence-corrected chi connectivity index (χ3v) is 10.5. The molecule has 2 aromatic heterocycles. The van der Waals surface area contributed by atoms with E-state index in [9.17, 15) is 0 Å². The molecule has 11 rings (SSSR count). The van der Waals surface area contributed by atoms with Crippen LogP contribution in [0.2, 0.25) is 0 Å². The Bertz CT molecular complexity index is 2970. The van der Waals surface area contributed by atoms with Crippen molar-refractivity contribution in [3.8, 4) is 51.0 Å². The molecule has 0 N–H and O–H groups in total. The highest BCUT2D eigenvalue weighted by Crippen LogP contribution is 2.47. The number of fused-ring (bicyclic) bond motifs is 9. The predicted octanol–water partition coefficient (Wildman–Crippen LogP) is 11.7. The summed E-state index contributed by atoms with van der Waals surface area (Å²) in [5.74, 6) is 2.77. The van der Waals surface area contributed by atoms with Crippen molar-refractivity contribution in [1.82, 2.24) is 15.0 Å². The number of allylic oxidation sites excluding steroid dienone is 2. The van der Waals surface area contributed by atoms with Gasteiger partial charge in [0, 0.05) is 38.9 Å². The van der Waals surface area contributed by atoms with Gasteiger partial charge in [0.05, 0.1) is 0 Å². The van der Waals surface area contributed by atoms with Gasteiger partial charge in [0.2, 0.25) is 0 Å². The van der Waals surface area contributed by atoms with Crippen LogP contribution < -0.4 is 4.74 Å². The van der Waals surface area contributed by atoms with E-state index < -0.39 is 0 Å². The largest absolute Gasteiger partial charge is 0.485 e. The number of para-hydroxylation sites is 1. The Hall–Kier alpha value is -6.85. The summed E-state index contributed by atoms with van der Waals surface area (Å²) in [6, 6.07) is 48.3. The van der Waals surface area contributed by atoms with Crippen molar-refractivity contribution in [3.63, 3.8) is 0 Å². The second kappa shape index (κ2) is 11.3. The lowest BCUT2D eigenvalue weighted by molar-refractivity contribution is 0.269. The Morgan fingerprint density at radius 2 is 1.06 bits per heavy atom. The summed E-state index contributed by atoms with van der Waals surface area (Å²) in [6.45, 7) is 0. The number of aromatic nitrogens is 3. The van der Waals surface area contributed by atoms with Gasteiger partial charge >= 0.3 is 0 Å². The quantitative estimate of drug-likeness (QED) is 0.175. The van der Waals surface area contributed by atoms with Crippen molar-refractivity contribution in [2.45, 2.75) is 12.0 Å². The van der Waals surface area contributed by atoms with Gasteiger partial charge in [-0.25, -0.2) is 15.0 Å². The summed E-state index contributed by atoms with van der Waals surface area (Å²) in [6.07, 6.45) is 8.43. The fraction of sp³-hybridized carbons (Fsp3) is 0.0426. The van der Waals surface area contributed by atoms with Crippen molar-refractivity contribution in [3.05, 3.63) is 169 Å². The number of hydrogen-bond donors (Lipinski definition) is 0. The molecule has 52 heavy (non-hydrogen) atoms. The first-order chi connectivity index (χ1) is 25.8. The summed E-state index contributed by atoms with van der Waals surface area (Å²) < 4.78 is 12.7. The number of ether oxygens (including phenoxy) is 1. The molecule has 0 saturated carbocycles. The molecule has 1 aliphatic heterocycles. The van der Waals surface area contributed by atoms with Gasteiger partial charge in [0.15, 0.2) is 17.5 Å². The molecule has 244 valence electrons. The van der Waals surface area contributed by atoms with Crippen LogP contribution in [0.4, 0.5) is 0 Å². The maximum atomic E-state index is 6.44. The standard InChI is InChI=1S/C47H29N3O2/c1-2-14-29-28(13-1)27-38(31-16-4-3-15-30(29)31)47-49-45(48-46(50-47)37-22-12-26-42-44(37)36-20-8-10-24-40(36)52-42)34-18-6-5-17-32(34)33-21-11-25-41-43(33)35-19-7-9-23-39(35)51-41/h1-27,36,40H. The van der Waals surface area contributed by atoms with Gasteiger partial charge in [-0.3, -0.25) is 0 Å². The number of rotatable bonds is 4. The molecular weight excluding hydrogens is 639 g/mol. The average molecular weight is 668 g/mol. The molecule has 2 atom stereocenters. The molecule has 0 spiro atoms. The Labute approximate surface area is 299 Å². The van der Waals surface area contributed by atoms with Crippen LogP contribution in [0.5, 0.6) is 5.75 Å². The molecule has 5 heteroatoms. The van der Waals surface area contributed by atoms with Crippen LogP contribution in [0.1, 0.15) is 11.5 Å². The summed E-state index contributed by atoms with van der Waals surface area (Å²) >= 11 is 0. The lowest BCUT2D eigenvalue weighted by Gasteiger charge is -2.17. The molecule has 9 aromatic rings. The molecule has 0 bridgehead atoms. The zero-order valence-electron chi connectivity index (χ0n) is 27.9. The van der Waals surface area contributed by atoms with Crippen molar-refractivity contribution in [2.24, 2.45) is 0 Å². The zero-order chi connectivity index (χ0) is 34.2. The van der Waals surface area contributed by atoms with Gasteiger partial charge in [-0.2, -0.15) is 0 Å². The minimum Gasteiger partial charge on any atom is -0.485 e. The van der Waals surface area contributed by atoms with Gasteiger partial charge in [0.25, 0.3) is 0 Å². The van der Waals surface area contributed by atoms with Crippen LogP contribution in [0.3, 0.4) is 0 Å². The topological polar surface area (TPSA) is 61.0 Å². The molecular formula is C47H29N3O2. The van der Waals surface area contributed by atoms with Gasteiger partial charge in [-0.1, -0.05) is 133 Å². The van der Waals surface area contributed by atoms with Crippen LogP contribution in [0.25, 0.3) is 88.8 Å². The summed E-state index contributed by atoms with van der Waals surface area (Å²) in [7, 11) is 0. The molecule has 0 radical (unpaired) electrons. The lowest BCUT2D eigenvalue weighted by atomic mass is 9.88. The van der Waals surface area contributed by atoms with Crippen LogP contribution in [-0.2, 0) is 0 Å². The van der Waals surface area contributed by atoms with Gasteiger partial charge < -0.3 is 9.15 Å². The molecule has 7 aromatic carbocycles. The molecule has 0 amide bonds. The molecule has 2 unspecified atom stereocenters. The molecule has 2 aliphatic rings. The first-order valence-corrected chi connectivity index (χ1v) is 17.6. The zero-order valence-corrected chi connectivity index (χ0v) is 27.9. The number of nitrogens with zero attached hydrogens (tertiary/aromatic N) is 3. The fourth-order valence-electron chi connectivity index (χ4n) is 8.18. The smallest absolute Gasteiger partial charge is 0.164 e. The maximum Gasteiger partial charge on any atom is 0.164 e. The molecule has 3 heterocycles. The number of benzene rings is 7. The minimum atomic E-state index is -0.0580. The van der Waals surface area contributed by atoms with Gasteiger partial charge in [-0.05, 0) is 63.0 Å². The van der Waals surface area contributed by atoms with Crippen molar-refractivity contribution in [2.75, 3.05) is 0 Å². The first kappa shape index (κ1) is 28.9. The van der Waals surface area contributed by atoms with Gasteiger partial charge in [0.1, 0.15) is 23.0 Å². The van der Waals surface area contributed by atoms with E-state index in [2.05, 4.69) is 133 Å². The van der Waals surface area contributed by atoms with E-state index in [4.69, 9.17) is 24.1 Å². The average Bonchev–Trinajstić information content (AvgIpc) is 3.79. The molecule has 0 saturated heterocycles. The number of hydrogen-bond acceptors (Lipinski definition) is 5. The second-order valence-electron chi connectivity index (χ2n) is 13.4. The third kappa shape index (κ3) is 4.39. The van der Waals surface area contributed by atoms with Crippen molar-refractivity contribution < 1.29 is 9.15 Å². The maximum absolute atomic E-state index is 6.44. The summed E-state index contributed by atoms with van der Waals surface area (Å²) in [4.78, 5) is 16.0. The highest BCUT2D eigenvalue weighted by molar-refractivity contribution is 6.14. The van der Waals surface area contributed by atoms with Crippen LogP contribution in [-0.4, -0.2) is 21.1 Å². The van der Waals surface area contributed by atoms with E-state index in [-0.39, 0.29) is 12.0 Å². The summed E-state index contributed by atoms with van der Waals surface area (Å²) in [5, 5.41) is 6.73. The Morgan fingerprint density at radius 1 is 0.442 bits per heavy atom. The Morgan fingerprint density at radius 3 is 1.94 bits per heavy atom. The second-order valence-corrected chi connectivity index (χ2v) is 13.4. The van der Waals surface area contributed by atoms with Crippen LogP contribution in [0, 0.1) is 0 Å². The Kier molecular flexibility index (Phi) is 6.31. The van der Waals surface area contributed by atoms with Crippen molar-refractivity contribution >= 4 is 43.5 Å². The minimum absolute atomic E-state index is 0.0580.